The average Bonchev–Trinajstić information content (AvgIpc) is 3.08. The summed E-state index contributed by atoms with van der Waals surface area (Å²) in [5.74, 6) is 0. The van der Waals surface area contributed by atoms with E-state index in [9.17, 15) is 4.79 Å². The lowest BCUT2D eigenvalue weighted by Crippen LogP contribution is -2.39. The summed E-state index contributed by atoms with van der Waals surface area (Å²) in [6.45, 7) is 4.59. The molecule has 1 aliphatic rings. The Morgan fingerprint density at radius 3 is 2.64 bits per heavy atom. The molecule has 1 saturated heterocycles. The Morgan fingerprint density at radius 2 is 1.88 bits per heavy atom. The summed E-state index contributed by atoms with van der Waals surface area (Å²) in [4.78, 5) is 19.3. The van der Waals surface area contributed by atoms with Crippen LogP contribution in [0, 0.1) is 0 Å². The van der Waals surface area contributed by atoms with Crippen molar-refractivity contribution in [1.29, 1.82) is 0 Å². The van der Waals surface area contributed by atoms with Crippen LogP contribution in [0.2, 0.25) is 5.02 Å². The quantitative estimate of drug-likeness (QED) is 0.689. The fourth-order valence-electron chi connectivity index (χ4n) is 2.83. The second kappa shape index (κ2) is 6.91. The number of nitrogens with zero attached hydrogens (tertiary/aromatic N) is 6. The van der Waals surface area contributed by atoms with Crippen molar-refractivity contribution >= 4 is 22.8 Å². The zero-order valence-corrected chi connectivity index (χ0v) is 14.3. The van der Waals surface area contributed by atoms with E-state index in [2.05, 4.69) is 20.2 Å². The molecule has 0 aliphatic carbocycles. The predicted molar refractivity (Wildman–Crippen MR) is 93.2 cm³/mol. The highest BCUT2D eigenvalue weighted by Crippen LogP contribution is 2.15. The average molecular weight is 361 g/mol. The minimum atomic E-state index is -0.182. The van der Waals surface area contributed by atoms with Crippen LogP contribution in [-0.4, -0.2) is 62.3 Å². The monoisotopic (exact) mass is 360 g/mol. The maximum atomic E-state index is 12.6. The highest BCUT2D eigenvalue weighted by atomic mass is 35.5. The lowest BCUT2D eigenvalue weighted by molar-refractivity contribution is 0.0362. The molecule has 9 heteroatoms. The summed E-state index contributed by atoms with van der Waals surface area (Å²) in [5.41, 5.74) is 1.28. The third-order valence-electron chi connectivity index (χ3n) is 4.26. The van der Waals surface area contributed by atoms with Gasteiger partial charge in [0, 0.05) is 31.2 Å². The Hall–Kier alpha value is -2.29. The van der Waals surface area contributed by atoms with Crippen LogP contribution in [0.15, 0.2) is 35.4 Å². The van der Waals surface area contributed by atoms with E-state index < -0.39 is 0 Å². The van der Waals surface area contributed by atoms with Gasteiger partial charge in [-0.05, 0) is 24.3 Å². The fraction of sp³-hybridized carbons (Fsp3) is 0.375. The Balaban J connectivity index is 1.60. The smallest absolute Gasteiger partial charge is 0.283 e. The lowest BCUT2D eigenvalue weighted by Gasteiger charge is -2.26. The van der Waals surface area contributed by atoms with Crippen LogP contribution in [-0.2, 0) is 11.3 Å². The van der Waals surface area contributed by atoms with E-state index >= 15 is 0 Å². The van der Waals surface area contributed by atoms with Gasteiger partial charge < -0.3 is 4.74 Å². The number of benzene rings is 1. The number of morpholine rings is 1. The minimum Gasteiger partial charge on any atom is -0.379 e. The van der Waals surface area contributed by atoms with Crippen molar-refractivity contribution in [2.24, 2.45) is 0 Å². The normalized spacial score (nSPS) is 15.7. The van der Waals surface area contributed by atoms with E-state index in [1.165, 1.54) is 0 Å². The molecule has 8 nitrogen and oxygen atoms in total. The van der Waals surface area contributed by atoms with E-state index in [1.807, 2.05) is 12.1 Å². The van der Waals surface area contributed by atoms with Crippen LogP contribution in [0.3, 0.4) is 0 Å². The van der Waals surface area contributed by atoms with Gasteiger partial charge in [-0.15, -0.1) is 5.10 Å². The van der Waals surface area contributed by atoms with Crippen LogP contribution in [0.4, 0.5) is 0 Å². The molecule has 3 aromatic rings. The Kier molecular flexibility index (Phi) is 4.48. The highest BCUT2D eigenvalue weighted by molar-refractivity contribution is 6.30. The second-order valence-electron chi connectivity index (χ2n) is 5.85. The number of hydrogen-bond acceptors (Lipinski definition) is 6. The van der Waals surface area contributed by atoms with Gasteiger partial charge in [-0.25, -0.2) is 4.98 Å². The first-order valence-corrected chi connectivity index (χ1v) is 8.47. The van der Waals surface area contributed by atoms with Crippen molar-refractivity contribution in [2.75, 3.05) is 32.8 Å². The van der Waals surface area contributed by atoms with Gasteiger partial charge in [0.15, 0.2) is 11.2 Å². The SMILES string of the molecule is O=c1c2nnn(-c3ccc(Cl)cc3)c2ncn1CCN1CCOCC1. The minimum absolute atomic E-state index is 0.182. The Bertz CT molecular complexity index is 930. The van der Waals surface area contributed by atoms with Gasteiger partial charge >= 0.3 is 0 Å². The van der Waals surface area contributed by atoms with E-state index in [0.29, 0.717) is 17.2 Å². The molecule has 0 atom stereocenters. The first-order chi connectivity index (χ1) is 12.2. The van der Waals surface area contributed by atoms with Crippen molar-refractivity contribution in [3.05, 3.63) is 46.0 Å². The molecule has 0 amide bonds. The number of hydrogen-bond donors (Lipinski definition) is 0. The summed E-state index contributed by atoms with van der Waals surface area (Å²) in [5, 5.41) is 8.72. The summed E-state index contributed by atoms with van der Waals surface area (Å²) >= 11 is 5.91. The molecule has 1 aliphatic heterocycles. The largest absolute Gasteiger partial charge is 0.379 e. The van der Waals surface area contributed by atoms with Crippen LogP contribution < -0.4 is 5.56 Å². The number of fused-ring (bicyclic) bond motifs is 1. The van der Waals surface area contributed by atoms with Gasteiger partial charge in [-0.2, -0.15) is 4.68 Å². The molecular formula is C16H17ClN6O2. The van der Waals surface area contributed by atoms with E-state index in [4.69, 9.17) is 16.3 Å². The molecule has 2 aromatic heterocycles. The van der Waals surface area contributed by atoms with Gasteiger partial charge in [-0.3, -0.25) is 14.3 Å². The maximum Gasteiger partial charge on any atom is 0.283 e. The lowest BCUT2D eigenvalue weighted by atomic mass is 10.3. The molecule has 0 radical (unpaired) electrons. The summed E-state index contributed by atoms with van der Waals surface area (Å²) in [6.07, 6.45) is 1.56. The molecule has 4 rings (SSSR count). The summed E-state index contributed by atoms with van der Waals surface area (Å²) < 4.78 is 8.46. The molecule has 0 bridgehead atoms. The number of aromatic nitrogens is 5. The first-order valence-electron chi connectivity index (χ1n) is 8.09. The molecule has 0 unspecified atom stereocenters. The Labute approximate surface area is 148 Å². The zero-order chi connectivity index (χ0) is 17.2. The molecule has 3 heterocycles. The molecule has 25 heavy (non-hydrogen) atoms. The van der Waals surface area contributed by atoms with Crippen LogP contribution in [0.25, 0.3) is 16.9 Å². The van der Waals surface area contributed by atoms with E-state index in [1.54, 1.807) is 27.7 Å². The van der Waals surface area contributed by atoms with Crippen molar-refractivity contribution in [3.63, 3.8) is 0 Å². The van der Waals surface area contributed by atoms with Crippen LogP contribution in [0.1, 0.15) is 0 Å². The van der Waals surface area contributed by atoms with E-state index in [-0.39, 0.29) is 11.1 Å². The van der Waals surface area contributed by atoms with Gasteiger partial charge in [0.1, 0.15) is 6.33 Å². The third kappa shape index (κ3) is 3.28. The molecule has 130 valence electrons. The van der Waals surface area contributed by atoms with Crippen LogP contribution in [0.5, 0.6) is 0 Å². The highest BCUT2D eigenvalue weighted by Gasteiger charge is 2.15. The maximum absolute atomic E-state index is 12.6. The molecule has 0 saturated carbocycles. The molecular weight excluding hydrogens is 344 g/mol. The van der Waals surface area contributed by atoms with Gasteiger partial charge in [0.05, 0.1) is 18.9 Å². The standard InChI is InChI=1S/C16H17ClN6O2/c17-12-1-3-13(4-2-12)23-15-14(19-20-23)16(24)22(11-18-15)6-5-21-7-9-25-10-8-21/h1-4,11H,5-10H2. The fourth-order valence-corrected chi connectivity index (χ4v) is 2.96. The van der Waals surface area contributed by atoms with Crippen molar-refractivity contribution in [1.82, 2.24) is 29.4 Å². The number of halogens is 1. The summed E-state index contributed by atoms with van der Waals surface area (Å²) in [7, 11) is 0. The van der Waals surface area contributed by atoms with Crippen LogP contribution >= 0.6 is 11.6 Å². The predicted octanol–water partition coefficient (Wildman–Crippen LogP) is 0.963. The Morgan fingerprint density at radius 1 is 1.12 bits per heavy atom. The van der Waals surface area contributed by atoms with Gasteiger partial charge in [0.2, 0.25) is 0 Å². The molecule has 0 spiro atoms. The topological polar surface area (TPSA) is 78.1 Å². The van der Waals surface area contributed by atoms with Crippen molar-refractivity contribution in [3.8, 4) is 5.69 Å². The third-order valence-corrected chi connectivity index (χ3v) is 4.51. The zero-order valence-electron chi connectivity index (χ0n) is 13.5. The summed E-state index contributed by atoms with van der Waals surface area (Å²) in [6, 6.07) is 7.13. The van der Waals surface area contributed by atoms with Gasteiger partial charge in [0.25, 0.3) is 5.56 Å². The molecule has 1 fully saturated rings. The molecule has 0 N–H and O–H groups in total. The van der Waals surface area contributed by atoms with E-state index in [0.717, 1.165) is 38.5 Å². The number of rotatable bonds is 4. The van der Waals surface area contributed by atoms with Crippen molar-refractivity contribution < 1.29 is 4.74 Å². The molecule has 1 aromatic carbocycles. The number of ether oxygens (including phenoxy) is 1. The second-order valence-corrected chi connectivity index (χ2v) is 6.28. The van der Waals surface area contributed by atoms with Crippen molar-refractivity contribution in [2.45, 2.75) is 6.54 Å². The van der Waals surface area contributed by atoms with Gasteiger partial charge in [-0.1, -0.05) is 16.8 Å². The first kappa shape index (κ1) is 16.2.